The second kappa shape index (κ2) is 6.83. The lowest BCUT2D eigenvalue weighted by Crippen LogP contribution is -2.24. The van der Waals surface area contributed by atoms with Crippen molar-refractivity contribution in [3.63, 3.8) is 0 Å². The van der Waals surface area contributed by atoms with Gasteiger partial charge in [0.25, 0.3) is 0 Å². The van der Waals surface area contributed by atoms with Crippen molar-refractivity contribution < 1.29 is 9.84 Å². The minimum atomic E-state index is -0.563. The molecule has 7 heteroatoms. The molecule has 0 saturated heterocycles. The van der Waals surface area contributed by atoms with Gasteiger partial charge in [0.15, 0.2) is 0 Å². The van der Waals surface area contributed by atoms with Crippen LogP contribution in [0.25, 0.3) is 10.2 Å². The van der Waals surface area contributed by atoms with Crippen molar-refractivity contribution in [3.8, 4) is 0 Å². The summed E-state index contributed by atoms with van der Waals surface area (Å²) in [5.74, 6) is 1.34. The van der Waals surface area contributed by atoms with Crippen LogP contribution in [0.15, 0.2) is 6.07 Å². The third-order valence-electron chi connectivity index (χ3n) is 2.72. The summed E-state index contributed by atoms with van der Waals surface area (Å²) in [6, 6.07) is 2.06. The highest BCUT2D eigenvalue weighted by molar-refractivity contribution is 7.18. The van der Waals surface area contributed by atoms with Crippen molar-refractivity contribution in [2.45, 2.75) is 20.0 Å². The normalized spacial score (nSPS) is 12.6. The fourth-order valence-corrected chi connectivity index (χ4v) is 2.76. The monoisotopic (exact) mass is 296 g/mol. The van der Waals surface area contributed by atoms with Crippen LogP contribution < -0.4 is 10.6 Å². The number of hydrogen-bond donors (Lipinski definition) is 3. The number of anilines is 2. The van der Waals surface area contributed by atoms with E-state index in [1.54, 1.807) is 18.4 Å². The molecule has 2 heterocycles. The Bertz CT molecular complexity index is 573. The van der Waals surface area contributed by atoms with Crippen molar-refractivity contribution in [3.05, 3.63) is 10.9 Å². The molecule has 2 aromatic heterocycles. The molecule has 0 aliphatic rings. The lowest BCUT2D eigenvalue weighted by Gasteiger charge is -2.12. The Kier molecular flexibility index (Phi) is 5.11. The predicted molar refractivity (Wildman–Crippen MR) is 82.7 cm³/mol. The Morgan fingerprint density at radius 2 is 2.20 bits per heavy atom. The van der Waals surface area contributed by atoms with Gasteiger partial charge in [-0.1, -0.05) is 0 Å². The quantitative estimate of drug-likeness (QED) is 0.723. The van der Waals surface area contributed by atoms with E-state index in [-0.39, 0.29) is 0 Å². The fraction of sp³-hybridized carbons (Fsp3) is 0.538. The number of methoxy groups -OCH3 is 1. The highest BCUT2D eigenvalue weighted by Gasteiger charge is 2.11. The average molecular weight is 296 g/mol. The van der Waals surface area contributed by atoms with Gasteiger partial charge in [-0.15, -0.1) is 11.3 Å². The number of hydrogen-bond acceptors (Lipinski definition) is 7. The summed E-state index contributed by atoms with van der Waals surface area (Å²) < 4.78 is 4.91. The number of fused-ring (bicyclic) bond motifs is 1. The molecule has 0 radical (unpaired) electrons. The number of aromatic nitrogens is 2. The molecule has 3 N–H and O–H groups in total. The van der Waals surface area contributed by atoms with E-state index >= 15 is 0 Å². The van der Waals surface area contributed by atoms with Gasteiger partial charge >= 0.3 is 0 Å². The molecular weight excluding hydrogens is 276 g/mol. The minimum absolute atomic E-state index is 0.296. The van der Waals surface area contributed by atoms with Gasteiger partial charge in [-0.2, -0.15) is 4.98 Å². The number of rotatable bonds is 7. The zero-order chi connectivity index (χ0) is 14.5. The third-order valence-corrected chi connectivity index (χ3v) is 3.66. The molecule has 0 fully saturated rings. The van der Waals surface area contributed by atoms with Crippen LogP contribution in [0.4, 0.5) is 11.8 Å². The topological polar surface area (TPSA) is 79.3 Å². The van der Waals surface area contributed by atoms with E-state index in [4.69, 9.17) is 4.74 Å². The number of aliphatic hydroxyl groups is 1. The van der Waals surface area contributed by atoms with Crippen LogP contribution in [0, 0.1) is 6.92 Å². The molecule has 1 unspecified atom stereocenters. The number of aryl methyl sites for hydroxylation is 1. The van der Waals surface area contributed by atoms with Gasteiger partial charge in [0, 0.05) is 25.1 Å². The van der Waals surface area contributed by atoms with Gasteiger partial charge < -0.3 is 20.5 Å². The van der Waals surface area contributed by atoms with E-state index in [2.05, 4.69) is 26.7 Å². The predicted octanol–water partition coefficient (Wildman–Crippen LogP) is 1.85. The maximum atomic E-state index is 9.72. The first-order chi connectivity index (χ1) is 9.63. The summed E-state index contributed by atoms with van der Waals surface area (Å²) >= 11 is 1.63. The standard InChI is InChI=1S/C13H20N4O2S/c1-4-14-13-16-11(15-6-9(18)7-19-3)10-5-8(2)20-12(10)17-13/h5,9,18H,4,6-7H2,1-3H3,(H2,14,15,16,17). The molecule has 6 nitrogen and oxygen atoms in total. The smallest absolute Gasteiger partial charge is 0.226 e. The number of ether oxygens (including phenoxy) is 1. The van der Waals surface area contributed by atoms with Gasteiger partial charge in [-0.25, -0.2) is 4.98 Å². The first-order valence-corrected chi connectivity index (χ1v) is 7.38. The van der Waals surface area contributed by atoms with Crippen LogP contribution in [0.5, 0.6) is 0 Å². The van der Waals surface area contributed by atoms with Gasteiger partial charge in [0.05, 0.1) is 18.1 Å². The van der Waals surface area contributed by atoms with Crippen molar-refractivity contribution in [2.75, 3.05) is 37.4 Å². The molecule has 0 amide bonds. The molecule has 0 spiro atoms. The van der Waals surface area contributed by atoms with Crippen LogP contribution in [0.1, 0.15) is 11.8 Å². The van der Waals surface area contributed by atoms with E-state index in [1.165, 1.54) is 4.88 Å². The number of nitrogens with zero attached hydrogens (tertiary/aromatic N) is 2. The molecule has 2 rings (SSSR count). The highest BCUT2D eigenvalue weighted by atomic mass is 32.1. The van der Waals surface area contributed by atoms with E-state index in [9.17, 15) is 5.11 Å². The second-order valence-electron chi connectivity index (χ2n) is 4.49. The minimum Gasteiger partial charge on any atom is -0.389 e. The van der Waals surface area contributed by atoms with Crippen LogP contribution in [0.3, 0.4) is 0 Å². The number of aliphatic hydroxyl groups excluding tert-OH is 1. The van der Waals surface area contributed by atoms with Crippen molar-refractivity contribution >= 4 is 33.3 Å². The maximum Gasteiger partial charge on any atom is 0.226 e. The third kappa shape index (κ3) is 3.56. The van der Waals surface area contributed by atoms with Crippen molar-refractivity contribution in [2.24, 2.45) is 0 Å². The summed E-state index contributed by atoms with van der Waals surface area (Å²) in [5, 5.41) is 17.0. The van der Waals surface area contributed by atoms with Gasteiger partial charge in [0.2, 0.25) is 5.95 Å². The van der Waals surface area contributed by atoms with Crippen LogP contribution in [-0.4, -0.2) is 48.0 Å². The zero-order valence-electron chi connectivity index (χ0n) is 11.9. The summed E-state index contributed by atoms with van der Waals surface area (Å²) in [7, 11) is 1.57. The Hall–Kier alpha value is -1.44. The molecular formula is C13H20N4O2S. The van der Waals surface area contributed by atoms with E-state index < -0.39 is 6.10 Å². The van der Waals surface area contributed by atoms with Gasteiger partial charge in [0.1, 0.15) is 10.6 Å². The lowest BCUT2D eigenvalue weighted by atomic mass is 10.3. The van der Waals surface area contributed by atoms with E-state index in [0.29, 0.717) is 19.1 Å². The molecule has 2 aromatic rings. The highest BCUT2D eigenvalue weighted by Crippen LogP contribution is 2.29. The molecule has 0 aliphatic carbocycles. The van der Waals surface area contributed by atoms with E-state index in [1.807, 2.05) is 13.8 Å². The molecule has 0 saturated carbocycles. The van der Waals surface area contributed by atoms with Crippen LogP contribution in [-0.2, 0) is 4.74 Å². The van der Waals surface area contributed by atoms with Crippen molar-refractivity contribution in [1.82, 2.24) is 9.97 Å². The summed E-state index contributed by atoms with van der Waals surface area (Å²) in [5.41, 5.74) is 0. The first-order valence-electron chi connectivity index (χ1n) is 6.57. The lowest BCUT2D eigenvalue weighted by molar-refractivity contribution is 0.0727. The molecule has 110 valence electrons. The zero-order valence-corrected chi connectivity index (χ0v) is 12.8. The number of thiophene rings is 1. The Labute approximate surface area is 122 Å². The van der Waals surface area contributed by atoms with Gasteiger partial charge in [-0.05, 0) is 19.9 Å². The number of nitrogens with one attached hydrogen (secondary N) is 2. The SMILES string of the molecule is CCNc1nc(NCC(O)COC)c2cc(C)sc2n1. The fourth-order valence-electron chi connectivity index (χ4n) is 1.88. The van der Waals surface area contributed by atoms with Crippen LogP contribution >= 0.6 is 11.3 Å². The first kappa shape index (κ1) is 15.0. The van der Waals surface area contributed by atoms with Crippen LogP contribution in [0.2, 0.25) is 0 Å². The Morgan fingerprint density at radius 3 is 2.90 bits per heavy atom. The Balaban J connectivity index is 2.24. The van der Waals surface area contributed by atoms with E-state index in [0.717, 1.165) is 22.6 Å². The molecule has 1 atom stereocenters. The summed E-state index contributed by atoms with van der Waals surface area (Å²) in [4.78, 5) is 11.1. The molecule has 0 aromatic carbocycles. The van der Waals surface area contributed by atoms with Crippen molar-refractivity contribution in [1.29, 1.82) is 0 Å². The Morgan fingerprint density at radius 1 is 1.40 bits per heavy atom. The second-order valence-corrected chi connectivity index (χ2v) is 5.73. The molecule has 20 heavy (non-hydrogen) atoms. The summed E-state index contributed by atoms with van der Waals surface area (Å²) in [6.07, 6.45) is -0.563. The van der Waals surface area contributed by atoms with Gasteiger partial charge in [-0.3, -0.25) is 0 Å². The maximum absolute atomic E-state index is 9.72. The average Bonchev–Trinajstić information content (AvgIpc) is 2.77. The molecule has 0 bridgehead atoms. The largest absolute Gasteiger partial charge is 0.389 e. The molecule has 0 aliphatic heterocycles. The summed E-state index contributed by atoms with van der Waals surface area (Å²) in [6.45, 7) is 5.50.